The second-order valence-corrected chi connectivity index (χ2v) is 7.05. The van der Waals surface area contributed by atoms with Gasteiger partial charge in [-0.25, -0.2) is 4.79 Å². The first-order valence-corrected chi connectivity index (χ1v) is 9.43. The van der Waals surface area contributed by atoms with Crippen LogP contribution in [0.5, 0.6) is 0 Å². The molecule has 1 fully saturated rings. The average Bonchev–Trinajstić information content (AvgIpc) is 2.74. The Morgan fingerprint density at radius 2 is 1.66 bits per heavy atom. The van der Waals surface area contributed by atoms with Gasteiger partial charge in [0.1, 0.15) is 0 Å². The Labute approximate surface area is 167 Å². The van der Waals surface area contributed by atoms with Crippen molar-refractivity contribution in [3.05, 3.63) is 70.3 Å². The van der Waals surface area contributed by atoms with Crippen LogP contribution in [0.3, 0.4) is 0 Å². The first-order valence-electron chi connectivity index (χ1n) is 9.43. The van der Waals surface area contributed by atoms with Crippen LogP contribution in [0.2, 0.25) is 0 Å². The summed E-state index contributed by atoms with van der Waals surface area (Å²) in [6, 6.07) is 13.8. The number of nitrogens with zero attached hydrogens (tertiary/aromatic N) is 1. The maximum Gasteiger partial charge on any atom is 0.340 e. The Bertz CT molecular complexity index is 876. The second-order valence-electron chi connectivity index (χ2n) is 7.05. The van der Waals surface area contributed by atoms with E-state index in [9.17, 15) is 24.8 Å². The van der Waals surface area contributed by atoms with E-state index in [1.54, 1.807) is 30.3 Å². The summed E-state index contributed by atoms with van der Waals surface area (Å²) in [6.45, 7) is 0. The fraction of sp³-hybridized carbons (Fsp3) is 0.333. The number of hydrogen-bond donors (Lipinski definition) is 2. The zero-order chi connectivity index (χ0) is 20.9. The number of carbonyl (C=O) groups excluding carboxylic acids is 2. The van der Waals surface area contributed by atoms with E-state index < -0.39 is 28.5 Å². The Morgan fingerprint density at radius 1 is 1.03 bits per heavy atom. The molecule has 1 amide bonds. The van der Waals surface area contributed by atoms with E-state index in [1.165, 1.54) is 24.3 Å². The number of carbonyl (C=O) groups is 2. The molecule has 0 radical (unpaired) electrons. The Kier molecular flexibility index (Phi) is 6.23. The van der Waals surface area contributed by atoms with E-state index in [0.29, 0.717) is 36.9 Å². The molecule has 3 rings (SSSR count). The normalized spacial score (nSPS) is 16.4. The summed E-state index contributed by atoms with van der Waals surface area (Å²) in [5, 5.41) is 23.8. The molecule has 1 atom stereocenters. The van der Waals surface area contributed by atoms with Gasteiger partial charge in [-0.05, 0) is 43.4 Å². The largest absolute Gasteiger partial charge is 0.447 e. The van der Waals surface area contributed by atoms with Crippen LogP contribution in [0.25, 0.3) is 0 Å². The van der Waals surface area contributed by atoms with E-state index in [4.69, 9.17) is 4.74 Å². The van der Waals surface area contributed by atoms with Gasteiger partial charge in [-0.15, -0.1) is 0 Å². The smallest absolute Gasteiger partial charge is 0.340 e. The van der Waals surface area contributed by atoms with Gasteiger partial charge in [0.25, 0.3) is 11.6 Å². The van der Waals surface area contributed by atoms with Crippen molar-refractivity contribution in [3.63, 3.8) is 0 Å². The van der Waals surface area contributed by atoms with Gasteiger partial charge in [-0.1, -0.05) is 36.8 Å². The van der Waals surface area contributed by atoms with E-state index in [1.807, 2.05) is 0 Å². The third-order valence-corrected chi connectivity index (χ3v) is 5.05. The van der Waals surface area contributed by atoms with Crippen molar-refractivity contribution >= 4 is 23.3 Å². The molecule has 0 bridgehead atoms. The summed E-state index contributed by atoms with van der Waals surface area (Å²) in [4.78, 5) is 35.8. The lowest BCUT2D eigenvalue weighted by Gasteiger charge is -2.35. The standard InChI is InChI=1S/C21H22N2O6/c24-18(15-7-3-1-4-8-15)19(25)29-21(13-5-2-6-14-21)20(26)22-16-9-11-17(12-10-16)23(27)28/h1,3-4,7-12,18,24H,2,5-6,13-14H2,(H,22,26). The maximum atomic E-state index is 13.0. The van der Waals surface area contributed by atoms with Crippen molar-refractivity contribution in [2.75, 3.05) is 5.32 Å². The SMILES string of the molecule is O=C(OC1(C(=O)Nc2ccc([N+](=O)[O-])cc2)CCCCC1)C(O)c1ccccc1. The zero-order valence-electron chi connectivity index (χ0n) is 15.7. The number of anilines is 1. The molecule has 0 saturated heterocycles. The number of nitro benzene ring substituents is 1. The Morgan fingerprint density at radius 3 is 2.24 bits per heavy atom. The van der Waals surface area contributed by atoms with Crippen molar-refractivity contribution in [1.29, 1.82) is 0 Å². The van der Waals surface area contributed by atoms with Gasteiger partial charge in [-0.2, -0.15) is 0 Å². The number of ether oxygens (including phenoxy) is 1. The van der Waals surface area contributed by atoms with Crippen molar-refractivity contribution in [3.8, 4) is 0 Å². The number of aliphatic hydroxyl groups is 1. The highest BCUT2D eigenvalue weighted by atomic mass is 16.6. The van der Waals surface area contributed by atoms with Crippen LogP contribution in [-0.4, -0.2) is 27.5 Å². The van der Waals surface area contributed by atoms with E-state index in [0.717, 1.165) is 6.42 Å². The van der Waals surface area contributed by atoms with Crippen LogP contribution in [0, 0.1) is 10.1 Å². The van der Waals surface area contributed by atoms with Crippen LogP contribution >= 0.6 is 0 Å². The third-order valence-electron chi connectivity index (χ3n) is 5.05. The molecule has 1 aliphatic rings. The average molecular weight is 398 g/mol. The number of nitro groups is 1. The first-order chi connectivity index (χ1) is 13.9. The number of non-ortho nitro benzene ring substituents is 1. The minimum absolute atomic E-state index is 0.0900. The minimum Gasteiger partial charge on any atom is -0.447 e. The Balaban J connectivity index is 1.76. The van der Waals surface area contributed by atoms with Gasteiger partial charge in [-0.3, -0.25) is 14.9 Å². The summed E-state index contributed by atoms with van der Waals surface area (Å²) in [6.07, 6.45) is 1.55. The molecule has 2 aromatic carbocycles. The van der Waals surface area contributed by atoms with Gasteiger partial charge in [0.2, 0.25) is 0 Å². The van der Waals surface area contributed by atoms with Gasteiger partial charge in [0.05, 0.1) is 4.92 Å². The van der Waals surface area contributed by atoms with Crippen LogP contribution in [-0.2, 0) is 14.3 Å². The Hall–Kier alpha value is -3.26. The summed E-state index contributed by atoms with van der Waals surface area (Å²) in [7, 11) is 0. The summed E-state index contributed by atoms with van der Waals surface area (Å²) < 4.78 is 5.58. The molecule has 1 saturated carbocycles. The third kappa shape index (κ3) is 4.78. The molecule has 2 N–H and O–H groups in total. The number of esters is 1. The molecular formula is C21H22N2O6. The lowest BCUT2D eigenvalue weighted by molar-refractivity contribution is -0.384. The van der Waals surface area contributed by atoms with Gasteiger partial charge in [0.15, 0.2) is 11.7 Å². The molecule has 2 aromatic rings. The number of amides is 1. The molecule has 1 aliphatic carbocycles. The highest BCUT2D eigenvalue weighted by Gasteiger charge is 2.44. The predicted molar refractivity (Wildman–Crippen MR) is 105 cm³/mol. The quantitative estimate of drug-likeness (QED) is 0.437. The molecule has 0 aromatic heterocycles. The molecule has 0 heterocycles. The highest BCUT2D eigenvalue weighted by Crippen LogP contribution is 2.34. The predicted octanol–water partition coefficient (Wildman–Crippen LogP) is 3.51. The van der Waals surface area contributed by atoms with Crippen LogP contribution in [0.1, 0.15) is 43.8 Å². The minimum atomic E-state index is -1.48. The molecule has 0 spiro atoms. The fourth-order valence-corrected chi connectivity index (χ4v) is 3.43. The van der Waals surface area contributed by atoms with E-state index in [2.05, 4.69) is 5.32 Å². The molecule has 152 valence electrons. The van der Waals surface area contributed by atoms with Crippen molar-refractivity contribution in [2.45, 2.75) is 43.8 Å². The van der Waals surface area contributed by atoms with E-state index >= 15 is 0 Å². The number of aliphatic hydroxyl groups excluding tert-OH is 1. The second kappa shape index (κ2) is 8.83. The highest BCUT2D eigenvalue weighted by molar-refractivity contribution is 5.99. The molecule has 8 nitrogen and oxygen atoms in total. The lowest BCUT2D eigenvalue weighted by Crippen LogP contribution is -2.49. The molecule has 1 unspecified atom stereocenters. The van der Waals surface area contributed by atoms with Crippen molar-refractivity contribution in [1.82, 2.24) is 0 Å². The molecule has 8 heteroatoms. The first kappa shape index (κ1) is 20.5. The molecule has 29 heavy (non-hydrogen) atoms. The monoisotopic (exact) mass is 398 g/mol. The zero-order valence-corrected chi connectivity index (χ0v) is 15.7. The van der Waals surface area contributed by atoms with Crippen molar-refractivity contribution in [2.24, 2.45) is 0 Å². The van der Waals surface area contributed by atoms with Gasteiger partial charge in [0, 0.05) is 17.8 Å². The summed E-state index contributed by atoms with van der Waals surface area (Å²) in [5.74, 6) is -1.38. The lowest BCUT2D eigenvalue weighted by atomic mass is 9.83. The number of rotatable bonds is 6. The fourth-order valence-electron chi connectivity index (χ4n) is 3.43. The molecular weight excluding hydrogens is 376 g/mol. The topological polar surface area (TPSA) is 119 Å². The molecule has 0 aliphatic heterocycles. The van der Waals surface area contributed by atoms with Crippen molar-refractivity contribution < 1.29 is 24.4 Å². The van der Waals surface area contributed by atoms with Gasteiger partial charge < -0.3 is 15.2 Å². The van der Waals surface area contributed by atoms with Crippen LogP contribution in [0.15, 0.2) is 54.6 Å². The number of hydrogen-bond acceptors (Lipinski definition) is 6. The van der Waals surface area contributed by atoms with E-state index in [-0.39, 0.29) is 5.69 Å². The van der Waals surface area contributed by atoms with Gasteiger partial charge >= 0.3 is 5.97 Å². The summed E-state index contributed by atoms with van der Waals surface area (Å²) in [5.41, 5.74) is -0.718. The maximum absolute atomic E-state index is 13.0. The van der Waals surface area contributed by atoms with Crippen LogP contribution < -0.4 is 5.32 Å². The van der Waals surface area contributed by atoms with Crippen LogP contribution in [0.4, 0.5) is 11.4 Å². The number of nitrogens with one attached hydrogen (secondary N) is 1. The number of benzene rings is 2. The summed E-state index contributed by atoms with van der Waals surface area (Å²) >= 11 is 0.